The lowest BCUT2D eigenvalue weighted by molar-refractivity contribution is 0.0809. The van der Waals surface area contributed by atoms with Crippen LogP contribution in [-0.4, -0.2) is 47.4 Å². The molecule has 0 bridgehead atoms. The van der Waals surface area contributed by atoms with Crippen molar-refractivity contribution in [2.45, 2.75) is 25.3 Å². The maximum absolute atomic E-state index is 12.2. The summed E-state index contributed by atoms with van der Waals surface area (Å²) in [5.41, 5.74) is 5.85. The Hall–Kier alpha value is -0.950. The number of amides is 1. The molecular weight excluding hydrogens is 280 g/mol. The second-order valence-electron chi connectivity index (χ2n) is 4.73. The minimum Gasteiger partial charge on any atom is -0.382 e. The molecule has 0 atom stereocenters. The standard InChI is InChI=1S/C12H20N4OS2/c1-16(6-7-18-2)11(17)9-10(13)15-12(19-9)14-8-4-3-5-8/h8H,3-7,13H2,1-2H3,(H,14,15). The Balaban J connectivity index is 2.00. The van der Waals surface area contributed by atoms with E-state index in [1.807, 2.05) is 6.26 Å². The fraction of sp³-hybridized carbons (Fsp3) is 0.667. The average molecular weight is 300 g/mol. The Kier molecular flexibility index (Phi) is 4.93. The zero-order valence-electron chi connectivity index (χ0n) is 11.3. The normalized spacial score (nSPS) is 15.1. The van der Waals surface area contributed by atoms with Crippen molar-refractivity contribution in [2.24, 2.45) is 0 Å². The van der Waals surface area contributed by atoms with Crippen LogP contribution in [0, 0.1) is 0 Å². The molecule has 106 valence electrons. The Morgan fingerprint density at radius 1 is 1.63 bits per heavy atom. The second-order valence-corrected chi connectivity index (χ2v) is 6.71. The minimum atomic E-state index is -0.0364. The molecule has 1 heterocycles. The molecule has 19 heavy (non-hydrogen) atoms. The van der Waals surface area contributed by atoms with Crippen molar-refractivity contribution in [1.82, 2.24) is 9.88 Å². The van der Waals surface area contributed by atoms with Crippen LogP contribution in [0.1, 0.15) is 28.9 Å². The Morgan fingerprint density at radius 3 is 2.95 bits per heavy atom. The highest BCUT2D eigenvalue weighted by Crippen LogP contribution is 2.30. The molecule has 1 fully saturated rings. The predicted molar refractivity (Wildman–Crippen MR) is 83.1 cm³/mol. The van der Waals surface area contributed by atoms with Gasteiger partial charge in [-0.2, -0.15) is 11.8 Å². The number of thiazole rings is 1. The lowest BCUT2D eigenvalue weighted by atomic mass is 9.93. The Morgan fingerprint density at radius 2 is 2.37 bits per heavy atom. The largest absolute Gasteiger partial charge is 0.382 e. The number of nitrogens with zero attached hydrogens (tertiary/aromatic N) is 2. The highest BCUT2D eigenvalue weighted by atomic mass is 32.2. The van der Waals surface area contributed by atoms with Gasteiger partial charge in [0.25, 0.3) is 5.91 Å². The van der Waals surface area contributed by atoms with Gasteiger partial charge in [-0.15, -0.1) is 0 Å². The van der Waals surface area contributed by atoms with Gasteiger partial charge in [0, 0.05) is 25.4 Å². The van der Waals surface area contributed by atoms with Crippen molar-refractivity contribution in [1.29, 1.82) is 0 Å². The maximum atomic E-state index is 12.2. The first-order valence-electron chi connectivity index (χ1n) is 6.39. The highest BCUT2D eigenvalue weighted by Gasteiger charge is 2.22. The summed E-state index contributed by atoms with van der Waals surface area (Å²) in [6, 6.07) is 0.503. The molecule has 1 aliphatic rings. The lowest BCUT2D eigenvalue weighted by Crippen LogP contribution is -2.28. The Labute approximate surface area is 122 Å². The number of carbonyl (C=O) groups is 1. The molecule has 2 rings (SSSR count). The number of rotatable bonds is 6. The highest BCUT2D eigenvalue weighted by molar-refractivity contribution is 7.98. The van der Waals surface area contributed by atoms with Gasteiger partial charge in [0.1, 0.15) is 10.7 Å². The average Bonchev–Trinajstić information content (AvgIpc) is 2.71. The van der Waals surface area contributed by atoms with Crippen LogP contribution < -0.4 is 11.1 Å². The second kappa shape index (κ2) is 6.47. The van der Waals surface area contributed by atoms with E-state index in [1.165, 1.54) is 30.6 Å². The number of hydrogen-bond donors (Lipinski definition) is 2. The molecule has 7 heteroatoms. The Bertz CT molecular complexity index is 445. The fourth-order valence-electron chi connectivity index (χ4n) is 1.78. The first kappa shape index (κ1) is 14.5. The zero-order chi connectivity index (χ0) is 13.8. The molecule has 0 radical (unpaired) electrons. The number of thioether (sulfide) groups is 1. The quantitative estimate of drug-likeness (QED) is 0.842. The molecule has 0 unspecified atom stereocenters. The number of anilines is 2. The summed E-state index contributed by atoms with van der Waals surface area (Å²) in [6.07, 6.45) is 5.65. The molecule has 1 amide bonds. The van der Waals surface area contributed by atoms with Gasteiger partial charge in [0.2, 0.25) is 0 Å². The first-order chi connectivity index (χ1) is 9.11. The molecule has 0 aromatic carbocycles. The minimum absolute atomic E-state index is 0.0364. The van der Waals surface area contributed by atoms with Gasteiger partial charge in [-0.25, -0.2) is 4.98 Å². The van der Waals surface area contributed by atoms with Crippen molar-refractivity contribution < 1.29 is 4.79 Å². The summed E-state index contributed by atoms with van der Waals surface area (Å²) >= 11 is 3.08. The van der Waals surface area contributed by atoms with E-state index >= 15 is 0 Å². The van der Waals surface area contributed by atoms with Crippen LogP contribution >= 0.6 is 23.1 Å². The lowest BCUT2D eigenvalue weighted by Gasteiger charge is -2.25. The van der Waals surface area contributed by atoms with E-state index in [4.69, 9.17) is 5.73 Å². The van der Waals surface area contributed by atoms with Crippen LogP contribution in [0.3, 0.4) is 0 Å². The van der Waals surface area contributed by atoms with E-state index in [-0.39, 0.29) is 5.91 Å². The van der Waals surface area contributed by atoms with E-state index < -0.39 is 0 Å². The summed E-state index contributed by atoms with van der Waals surface area (Å²) in [5.74, 6) is 1.23. The zero-order valence-corrected chi connectivity index (χ0v) is 12.9. The fourth-order valence-corrected chi connectivity index (χ4v) is 3.19. The van der Waals surface area contributed by atoms with Crippen LogP contribution in [0.25, 0.3) is 0 Å². The summed E-state index contributed by atoms with van der Waals surface area (Å²) in [5, 5.41) is 4.10. The van der Waals surface area contributed by atoms with Crippen molar-refractivity contribution in [2.75, 3.05) is 36.7 Å². The van der Waals surface area contributed by atoms with Gasteiger partial charge in [-0.3, -0.25) is 4.79 Å². The smallest absolute Gasteiger partial charge is 0.267 e. The summed E-state index contributed by atoms with van der Waals surface area (Å²) < 4.78 is 0. The van der Waals surface area contributed by atoms with E-state index in [0.29, 0.717) is 16.7 Å². The maximum Gasteiger partial charge on any atom is 0.267 e. The van der Waals surface area contributed by atoms with Crippen molar-refractivity contribution in [3.05, 3.63) is 4.88 Å². The van der Waals surface area contributed by atoms with E-state index in [1.54, 1.807) is 23.7 Å². The first-order valence-corrected chi connectivity index (χ1v) is 8.60. The van der Waals surface area contributed by atoms with Gasteiger partial charge in [-0.05, 0) is 25.5 Å². The van der Waals surface area contributed by atoms with Crippen molar-refractivity contribution in [3.8, 4) is 0 Å². The third-order valence-corrected chi connectivity index (χ3v) is 4.84. The number of nitrogens with one attached hydrogen (secondary N) is 1. The van der Waals surface area contributed by atoms with E-state index in [9.17, 15) is 4.79 Å². The van der Waals surface area contributed by atoms with E-state index in [0.717, 1.165) is 17.4 Å². The van der Waals surface area contributed by atoms with Crippen LogP contribution in [-0.2, 0) is 0 Å². The van der Waals surface area contributed by atoms with Gasteiger partial charge in [0.15, 0.2) is 5.13 Å². The van der Waals surface area contributed by atoms with Crippen LogP contribution in [0.4, 0.5) is 10.9 Å². The van der Waals surface area contributed by atoms with Crippen molar-refractivity contribution in [3.63, 3.8) is 0 Å². The number of hydrogen-bond acceptors (Lipinski definition) is 6. The SMILES string of the molecule is CSCCN(C)C(=O)c1sc(NC2CCC2)nc1N. The number of nitrogens with two attached hydrogens (primary N) is 1. The molecule has 5 nitrogen and oxygen atoms in total. The van der Waals surface area contributed by atoms with Gasteiger partial charge >= 0.3 is 0 Å². The summed E-state index contributed by atoms with van der Waals surface area (Å²) in [7, 11) is 1.80. The molecular formula is C12H20N4OS2. The molecule has 3 N–H and O–H groups in total. The summed E-state index contributed by atoms with van der Waals surface area (Å²) in [6.45, 7) is 0.725. The number of nitrogen functional groups attached to an aromatic ring is 1. The number of carbonyl (C=O) groups excluding carboxylic acids is 1. The van der Waals surface area contributed by atoms with Gasteiger partial charge in [0.05, 0.1) is 0 Å². The van der Waals surface area contributed by atoms with E-state index in [2.05, 4.69) is 10.3 Å². The molecule has 0 aliphatic heterocycles. The van der Waals surface area contributed by atoms with Crippen molar-refractivity contribution >= 4 is 40.0 Å². The molecule has 0 saturated heterocycles. The topological polar surface area (TPSA) is 71.2 Å². The van der Waals surface area contributed by atoms with Gasteiger partial charge < -0.3 is 16.0 Å². The third kappa shape index (κ3) is 3.54. The summed E-state index contributed by atoms with van der Waals surface area (Å²) in [4.78, 5) is 18.7. The van der Waals surface area contributed by atoms with Crippen LogP contribution in [0.15, 0.2) is 0 Å². The van der Waals surface area contributed by atoms with Gasteiger partial charge in [-0.1, -0.05) is 11.3 Å². The molecule has 1 aromatic rings. The molecule has 1 aliphatic carbocycles. The molecule has 0 spiro atoms. The third-order valence-electron chi connectivity index (χ3n) is 3.26. The monoisotopic (exact) mass is 300 g/mol. The molecule has 1 saturated carbocycles. The number of aromatic nitrogens is 1. The molecule has 1 aromatic heterocycles. The van der Waals surface area contributed by atoms with Crippen LogP contribution in [0.5, 0.6) is 0 Å². The predicted octanol–water partition coefficient (Wildman–Crippen LogP) is 2.12. The van der Waals surface area contributed by atoms with Crippen LogP contribution in [0.2, 0.25) is 0 Å².